The second-order valence-corrected chi connectivity index (χ2v) is 4.82. The molecule has 2 heterocycles. The Labute approximate surface area is 122 Å². The maximum Gasteiger partial charge on any atom is 0.221 e. The number of hydrogen-bond donors (Lipinski definition) is 0. The lowest BCUT2D eigenvalue weighted by Crippen LogP contribution is -2.00. The molecule has 0 saturated carbocycles. The molecule has 0 unspecified atom stereocenters. The van der Waals surface area contributed by atoms with E-state index in [1.807, 2.05) is 42.6 Å². The molecule has 2 aromatic heterocycles. The van der Waals surface area contributed by atoms with E-state index in [9.17, 15) is 4.79 Å². The largest absolute Gasteiger partial charge is 0.481 e. The van der Waals surface area contributed by atoms with E-state index >= 15 is 0 Å². The predicted octanol–water partition coefficient (Wildman–Crippen LogP) is 2.83. The molecule has 0 amide bonds. The molecule has 0 atom stereocenters. The molecular formula is C16H15N3O2. The van der Waals surface area contributed by atoms with Crippen LogP contribution in [-0.2, 0) is 0 Å². The van der Waals surface area contributed by atoms with Crippen LogP contribution in [0.3, 0.4) is 0 Å². The second-order valence-electron chi connectivity index (χ2n) is 4.82. The number of carbonyl (C=O) groups excluding carboxylic acids is 1. The molecule has 3 rings (SSSR count). The maximum atomic E-state index is 11.2. The van der Waals surface area contributed by atoms with E-state index in [1.54, 1.807) is 13.2 Å². The van der Waals surface area contributed by atoms with Crippen molar-refractivity contribution in [3.63, 3.8) is 0 Å². The standard InChI is InChI=1S/C16H15N3O2/c1-10-15-18-14(13-7-5-4-6-12(13)9-20)8-19(15)11(2)17-16(10)21-3/h4-9H,1-3H3. The lowest BCUT2D eigenvalue weighted by Gasteiger charge is -2.06. The van der Waals surface area contributed by atoms with Crippen LogP contribution in [0.2, 0.25) is 0 Å². The Kier molecular flexibility index (Phi) is 3.17. The molecule has 1 aromatic carbocycles. The minimum Gasteiger partial charge on any atom is -0.481 e. The fourth-order valence-electron chi connectivity index (χ4n) is 2.43. The van der Waals surface area contributed by atoms with E-state index in [1.165, 1.54) is 0 Å². The molecule has 0 N–H and O–H groups in total. The normalized spacial score (nSPS) is 10.8. The van der Waals surface area contributed by atoms with Gasteiger partial charge in [0, 0.05) is 17.3 Å². The quantitative estimate of drug-likeness (QED) is 0.693. The summed E-state index contributed by atoms with van der Waals surface area (Å²) < 4.78 is 7.18. The number of ether oxygens (including phenoxy) is 1. The smallest absolute Gasteiger partial charge is 0.221 e. The fraction of sp³-hybridized carbons (Fsp3) is 0.188. The molecule has 0 fully saturated rings. The molecule has 0 bridgehead atoms. The first-order chi connectivity index (χ1) is 10.2. The van der Waals surface area contributed by atoms with Gasteiger partial charge in [-0.05, 0) is 13.8 Å². The van der Waals surface area contributed by atoms with Crippen LogP contribution in [0.4, 0.5) is 0 Å². The number of rotatable bonds is 3. The van der Waals surface area contributed by atoms with Crippen LogP contribution >= 0.6 is 0 Å². The summed E-state index contributed by atoms with van der Waals surface area (Å²) in [7, 11) is 1.59. The lowest BCUT2D eigenvalue weighted by atomic mass is 10.1. The molecule has 3 aromatic rings. The van der Waals surface area contributed by atoms with Crippen molar-refractivity contribution in [2.24, 2.45) is 0 Å². The maximum absolute atomic E-state index is 11.2. The van der Waals surface area contributed by atoms with Crippen molar-refractivity contribution >= 4 is 11.9 Å². The SMILES string of the molecule is COc1nc(C)n2cc(-c3ccccc3C=O)nc2c1C. The monoisotopic (exact) mass is 281 g/mol. The summed E-state index contributed by atoms with van der Waals surface area (Å²) in [6.45, 7) is 3.81. The van der Waals surface area contributed by atoms with Gasteiger partial charge in [-0.1, -0.05) is 24.3 Å². The summed E-state index contributed by atoms with van der Waals surface area (Å²) in [5.74, 6) is 1.36. The first kappa shape index (κ1) is 13.3. The second kappa shape index (κ2) is 5.01. The number of benzene rings is 1. The molecule has 0 aliphatic carbocycles. The number of carbonyl (C=O) groups is 1. The molecule has 0 radical (unpaired) electrons. The van der Waals surface area contributed by atoms with Crippen molar-refractivity contribution in [3.8, 4) is 17.1 Å². The number of aldehydes is 1. The molecule has 5 nitrogen and oxygen atoms in total. The van der Waals surface area contributed by atoms with Gasteiger partial charge in [-0.15, -0.1) is 0 Å². The number of fused-ring (bicyclic) bond motifs is 1. The van der Waals surface area contributed by atoms with Gasteiger partial charge in [0.1, 0.15) is 11.5 Å². The van der Waals surface area contributed by atoms with Crippen LogP contribution in [0.5, 0.6) is 5.88 Å². The van der Waals surface area contributed by atoms with Gasteiger partial charge < -0.3 is 4.74 Å². The van der Waals surface area contributed by atoms with Crippen molar-refractivity contribution in [3.05, 3.63) is 47.4 Å². The van der Waals surface area contributed by atoms with Crippen molar-refractivity contribution in [1.29, 1.82) is 0 Å². The average molecular weight is 281 g/mol. The van der Waals surface area contributed by atoms with Crippen molar-refractivity contribution in [2.75, 3.05) is 7.11 Å². The Hall–Kier alpha value is -2.69. The van der Waals surface area contributed by atoms with Crippen molar-refractivity contribution < 1.29 is 9.53 Å². The summed E-state index contributed by atoms with van der Waals surface area (Å²) >= 11 is 0. The summed E-state index contributed by atoms with van der Waals surface area (Å²) in [5, 5.41) is 0. The zero-order valence-electron chi connectivity index (χ0n) is 12.1. The highest BCUT2D eigenvalue weighted by atomic mass is 16.5. The number of methoxy groups -OCH3 is 1. The predicted molar refractivity (Wildman–Crippen MR) is 79.8 cm³/mol. The average Bonchev–Trinajstić information content (AvgIpc) is 2.96. The highest BCUT2D eigenvalue weighted by Gasteiger charge is 2.14. The van der Waals surface area contributed by atoms with Crippen LogP contribution in [0.25, 0.3) is 16.9 Å². The van der Waals surface area contributed by atoms with Gasteiger partial charge in [0.05, 0.1) is 18.4 Å². The lowest BCUT2D eigenvalue weighted by molar-refractivity contribution is 0.112. The van der Waals surface area contributed by atoms with Gasteiger partial charge in [-0.3, -0.25) is 9.20 Å². The van der Waals surface area contributed by atoms with Crippen molar-refractivity contribution in [2.45, 2.75) is 13.8 Å². The zero-order valence-corrected chi connectivity index (χ0v) is 12.1. The third kappa shape index (κ3) is 2.07. The van der Waals surface area contributed by atoms with E-state index < -0.39 is 0 Å². The Morgan fingerprint density at radius 3 is 2.67 bits per heavy atom. The van der Waals surface area contributed by atoms with E-state index in [4.69, 9.17) is 4.74 Å². The van der Waals surface area contributed by atoms with Crippen LogP contribution in [-0.4, -0.2) is 27.8 Å². The van der Waals surface area contributed by atoms with Gasteiger partial charge in [0.25, 0.3) is 0 Å². The third-order valence-corrected chi connectivity index (χ3v) is 3.53. The minimum atomic E-state index is 0.570. The van der Waals surface area contributed by atoms with E-state index in [0.717, 1.165) is 34.6 Å². The first-order valence-corrected chi connectivity index (χ1v) is 6.60. The molecule has 21 heavy (non-hydrogen) atoms. The van der Waals surface area contributed by atoms with E-state index in [-0.39, 0.29) is 0 Å². The molecule has 0 saturated heterocycles. The topological polar surface area (TPSA) is 56.5 Å². The van der Waals surface area contributed by atoms with Crippen molar-refractivity contribution in [1.82, 2.24) is 14.4 Å². The van der Waals surface area contributed by atoms with Gasteiger partial charge in [0.15, 0.2) is 6.29 Å². The number of hydrogen-bond acceptors (Lipinski definition) is 4. The van der Waals surface area contributed by atoms with E-state index in [0.29, 0.717) is 11.4 Å². The highest BCUT2D eigenvalue weighted by molar-refractivity contribution is 5.86. The van der Waals surface area contributed by atoms with Gasteiger partial charge in [0.2, 0.25) is 5.88 Å². The molecule has 0 aliphatic heterocycles. The van der Waals surface area contributed by atoms with Crippen LogP contribution in [0.15, 0.2) is 30.5 Å². The Morgan fingerprint density at radius 2 is 1.95 bits per heavy atom. The Bertz CT molecular complexity index is 837. The van der Waals surface area contributed by atoms with E-state index in [2.05, 4.69) is 9.97 Å². The van der Waals surface area contributed by atoms with Gasteiger partial charge in [-0.25, -0.2) is 4.98 Å². The minimum absolute atomic E-state index is 0.570. The third-order valence-electron chi connectivity index (χ3n) is 3.53. The number of imidazole rings is 1. The summed E-state index contributed by atoms with van der Waals surface area (Å²) in [6, 6.07) is 7.40. The van der Waals surface area contributed by atoms with Crippen LogP contribution in [0.1, 0.15) is 21.7 Å². The van der Waals surface area contributed by atoms with Gasteiger partial charge >= 0.3 is 0 Å². The molecule has 0 spiro atoms. The highest BCUT2D eigenvalue weighted by Crippen LogP contribution is 2.26. The first-order valence-electron chi connectivity index (χ1n) is 6.60. The van der Waals surface area contributed by atoms with Gasteiger partial charge in [-0.2, -0.15) is 4.98 Å². The molecule has 106 valence electrons. The summed E-state index contributed by atoms with van der Waals surface area (Å²) in [6.07, 6.45) is 2.74. The summed E-state index contributed by atoms with van der Waals surface area (Å²) in [4.78, 5) is 20.2. The zero-order chi connectivity index (χ0) is 15.0. The Morgan fingerprint density at radius 1 is 1.19 bits per heavy atom. The number of aryl methyl sites for hydroxylation is 2. The Balaban J connectivity index is 2.29. The molecule has 0 aliphatic rings. The fourth-order valence-corrected chi connectivity index (χ4v) is 2.43. The van der Waals surface area contributed by atoms with Crippen LogP contribution < -0.4 is 4.74 Å². The number of aromatic nitrogens is 3. The van der Waals surface area contributed by atoms with Crippen LogP contribution in [0, 0.1) is 13.8 Å². The summed E-state index contributed by atoms with van der Waals surface area (Å²) in [5.41, 5.74) is 3.84. The molecular weight excluding hydrogens is 266 g/mol. The number of nitrogens with zero attached hydrogens (tertiary/aromatic N) is 3. The molecule has 5 heteroatoms.